The van der Waals surface area contributed by atoms with E-state index in [0.29, 0.717) is 24.2 Å². The first-order chi connectivity index (χ1) is 11.8. The second-order valence-electron chi connectivity index (χ2n) is 7.36. The Hall–Kier alpha value is -2.50. The van der Waals surface area contributed by atoms with E-state index < -0.39 is 5.60 Å². The number of benzene rings is 1. The van der Waals surface area contributed by atoms with Crippen LogP contribution in [0.2, 0.25) is 0 Å². The summed E-state index contributed by atoms with van der Waals surface area (Å²) in [5.74, 6) is 0.703. The number of pyridine rings is 1. The quantitative estimate of drug-likeness (QED) is 0.907. The molecule has 0 spiro atoms. The van der Waals surface area contributed by atoms with Gasteiger partial charge in [-0.05, 0) is 63.3 Å². The Balaban J connectivity index is 1.68. The van der Waals surface area contributed by atoms with Gasteiger partial charge in [-0.25, -0.2) is 4.79 Å². The molecule has 1 amide bonds. The molecule has 1 atom stereocenters. The molecule has 0 saturated carbocycles. The number of rotatable bonds is 2. The highest BCUT2D eigenvalue weighted by atomic mass is 16.6. The minimum absolute atomic E-state index is 0.0827. The van der Waals surface area contributed by atoms with Crippen molar-refractivity contribution in [1.29, 1.82) is 0 Å². The minimum Gasteiger partial charge on any atom is -0.489 e. The van der Waals surface area contributed by atoms with Crippen molar-refractivity contribution >= 4 is 16.9 Å². The molecule has 1 aliphatic heterocycles. The molecule has 3 rings (SSSR count). The lowest BCUT2D eigenvalue weighted by Gasteiger charge is -2.34. The van der Waals surface area contributed by atoms with Crippen molar-refractivity contribution < 1.29 is 14.3 Å². The highest BCUT2D eigenvalue weighted by Gasteiger charge is 2.28. The molecule has 134 valence electrons. The predicted octanol–water partition coefficient (Wildman–Crippen LogP) is 3.31. The summed E-state index contributed by atoms with van der Waals surface area (Å²) in [4.78, 5) is 28.3. The third-order valence-corrected chi connectivity index (χ3v) is 4.08. The smallest absolute Gasteiger partial charge is 0.410 e. The molecular weight excluding hydrogens is 320 g/mol. The molecule has 6 nitrogen and oxygen atoms in total. The lowest BCUT2D eigenvalue weighted by atomic mass is 10.1. The molecule has 1 aromatic heterocycles. The first kappa shape index (κ1) is 17.3. The van der Waals surface area contributed by atoms with E-state index in [0.717, 1.165) is 18.2 Å². The van der Waals surface area contributed by atoms with Crippen LogP contribution in [-0.2, 0) is 4.74 Å². The molecule has 25 heavy (non-hydrogen) atoms. The van der Waals surface area contributed by atoms with Crippen molar-refractivity contribution in [3.05, 3.63) is 40.8 Å². The van der Waals surface area contributed by atoms with Crippen LogP contribution in [0.15, 0.2) is 35.3 Å². The fourth-order valence-corrected chi connectivity index (χ4v) is 2.96. The van der Waals surface area contributed by atoms with E-state index in [4.69, 9.17) is 9.47 Å². The van der Waals surface area contributed by atoms with Gasteiger partial charge < -0.3 is 19.4 Å². The van der Waals surface area contributed by atoms with Crippen LogP contribution in [0, 0.1) is 0 Å². The van der Waals surface area contributed by atoms with Crippen LogP contribution in [-0.4, -0.2) is 40.8 Å². The second-order valence-corrected chi connectivity index (χ2v) is 7.36. The summed E-state index contributed by atoms with van der Waals surface area (Å²) in [6.07, 6.45) is 3.00. The van der Waals surface area contributed by atoms with Gasteiger partial charge in [0.05, 0.1) is 6.54 Å². The SMILES string of the molecule is CC(C)(C)OC(=O)N1CCCC(Oc2ccc3c(=O)[nH]ccc3c2)C1. The van der Waals surface area contributed by atoms with Crippen molar-refractivity contribution in [3.8, 4) is 5.75 Å². The molecule has 6 heteroatoms. The number of likely N-dealkylation sites (tertiary alicyclic amines) is 1. The average Bonchev–Trinajstić information content (AvgIpc) is 2.54. The number of piperidine rings is 1. The average molecular weight is 344 g/mol. The van der Waals surface area contributed by atoms with E-state index in [1.807, 2.05) is 32.9 Å². The normalized spacial score (nSPS) is 18.2. The predicted molar refractivity (Wildman–Crippen MR) is 96.0 cm³/mol. The van der Waals surface area contributed by atoms with Gasteiger partial charge in [-0.1, -0.05) is 0 Å². The third-order valence-electron chi connectivity index (χ3n) is 4.08. The van der Waals surface area contributed by atoms with Crippen molar-refractivity contribution in [2.24, 2.45) is 0 Å². The maximum Gasteiger partial charge on any atom is 0.410 e. The summed E-state index contributed by atoms with van der Waals surface area (Å²) in [7, 11) is 0. The fraction of sp³-hybridized carbons (Fsp3) is 0.474. The van der Waals surface area contributed by atoms with Gasteiger partial charge in [0.1, 0.15) is 17.5 Å². The van der Waals surface area contributed by atoms with Gasteiger partial charge in [-0.3, -0.25) is 4.79 Å². The molecule has 0 bridgehead atoms. The molecule has 1 unspecified atom stereocenters. The minimum atomic E-state index is -0.504. The largest absolute Gasteiger partial charge is 0.489 e. The number of nitrogens with one attached hydrogen (secondary N) is 1. The maximum absolute atomic E-state index is 12.2. The van der Waals surface area contributed by atoms with Crippen molar-refractivity contribution in [2.45, 2.75) is 45.3 Å². The van der Waals surface area contributed by atoms with E-state index >= 15 is 0 Å². The van der Waals surface area contributed by atoms with Crippen molar-refractivity contribution in [3.63, 3.8) is 0 Å². The highest BCUT2D eigenvalue weighted by molar-refractivity contribution is 5.82. The van der Waals surface area contributed by atoms with Gasteiger partial charge in [0.15, 0.2) is 0 Å². The number of hydrogen-bond acceptors (Lipinski definition) is 4. The highest BCUT2D eigenvalue weighted by Crippen LogP contribution is 2.23. The van der Waals surface area contributed by atoms with Crippen LogP contribution in [0.3, 0.4) is 0 Å². The topological polar surface area (TPSA) is 71.6 Å². The van der Waals surface area contributed by atoms with Crippen LogP contribution in [0.4, 0.5) is 4.79 Å². The van der Waals surface area contributed by atoms with E-state index in [-0.39, 0.29) is 17.8 Å². The fourth-order valence-electron chi connectivity index (χ4n) is 2.96. The van der Waals surface area contributed by atoms with E-state index in [9.17, 15) is 9.59 Å². The van der Waals surface area contributed by atoms with Gasteiger partial charge in [0.2, 0.25) is 0 Å². The monoisotopic (exact) mass is 344 g/mol. The van der Waals surface area contributed by atoms with Crippen LogP contribution < -0.4 is 10.3 Å². The van der Waals surface area contributed by atoms with Crippen LogP contribution >= 0.6 is 0 Å². The molecule has 1 aromatic carbocycles. The zero-order valence-electron chi connectivity index (χ0n) is 14.9. The summed E-state index contributed by atoms with van der Waals surface area (Å²) in [5, 5.41) is 1.47. The molecule has 1 fully saturated rings. The number of fused-ring (bicyclic) bond motifs is 1. The molecule has 2 heterocycles. The summed E-state index contributed by atoms with van der Waals surface area (Å²) < 4.78 is 11.5. The summed E-state index contributed by atoms with van der Waals surface area (Å²) in [5.41, 5.74) is -0.617. The summed E-state index contributed by atoms with van der Waals surface area (Å²) in [6, 6.07) is 7.26. The third kappa shape index (κ3) is 4.32. The molecule has 1 saturated heterocycles. The number of H-pyrrole nitrogens is 1. The van der Waals surface area contributed by atoms with Gasteiger partial charge in [0.25, 0.3) is 5.56 Å². The zero-order chi connectivity index (χ0) is 18.0. The number of nitrogens with zero attached hydrogens (tertiary/aromatic N) is 1. The Morgan fingerprint density at radius 2 is 2.08 bits per heavy atom. The maximum atomic E-state index is 12.2. The Labute approximate surface area is 146 Å². The van der Waals surface area contributed by atoms with Crippen LogP contribution in [0.1, 0.15) is 33.6 Å². The molecule has 1 aliphatic rings. The van der Waals surface area contributed by atoms with E-state index in [1.54, 1.807) is 23.2 Å². The van der Waals surface area contributed by atoms with E-state index in [2.05, 4.69) is 4.98 Å². The lowest BCUT2D eigenvalue weighted by molar-refractivity contribution is 0.00777. The Morgan fingerprint density at radius 1 is 1.28 bits per heavy atom. The Kier molecular flexibility index (Phi) is 4.70. The van der Waals surface area contributed by atoms with Crippen LogP contribution in [0.5, 0.6) is 5.75 Å². The number of aromatic amines is 1. The van der Waals surface area contributed by atoms with Crippen molar-refractivity contribution in [2.75, 3.05) is 13.1 Å². The Morgan fingerprint density at radius 3 is 2.84 bits per heavy atom. The van der Waals surface area contributed by atoms with Crippen LogP contribution in [0.25, 0.3) is 10.8 Å². The summed E-state index contributed by atoms with van der Waals surface area (Å²) >= 11 is 0. The van der Waals surface area contributed by atoms with Gasteiger partial charge >= 0.3 is 6.09 Å². The Bertz CT molecular complexity index is 822. The summed E-state index contributed by atoms with van der Waals surface area (Å²) in [6.45, 7) is 6.77. The van der Waals surface area contributed by atoms with Gasteiger partial charge in [-0.2, -0.15) is 0 Å². The molecule has 2 aromatic rings. The van der Waals surface area contributed by atoms with Gasteiger partial charge in [0, 0.05) is 18.1 Å². The second kappa shape index (κ2) is 6.78. The number of carbonyl (C=O) groups is 1. The zero-order valence-corrected chi connectivity index (χ0v) is 14.9. The molecule has 1 N–H and O–H groups in total. The number of aromatic nitrogens is 1. The molecule has 0 aliphatic carbocycles. The van der Waals surface area contributed by atoms with Crippen molar-refractivity contribution in [1.82, 2.24) is 9.88 Å². The van der Waals surface area contributed by atoms with Gasteiger partial charge in [-0.15, -0.1) is 0 Å². The molecular formula is C19H24N2O4. The molecule has 0 radical (unpaired) electrons. The number of amides is 1. The first-order valence-electron chi connectivity index (χ1n) is 8.58. The standard InChI is InChI=1S/C19H24N2O4/c1-19(2,3)25-18(23)21-10-4-5-15(12-21)24-14-6-7-16-13(11-14)8-9-20-17(16)22/h6-9,11,15H,4-5,10,12H2,1-3H3,(H,20,22). The number of carbonyl (C=O) groups excluding carboxylic acids is 1. The number of hydrogen-bond donors (Lipinski definition) is 1. The first-order valence-corrected chi connectivity index (χ1v) is 8.58. The lowest BCUT2D eigenvalue weighted by Crippen LogP contribution is -2.46. The number of ether oxygens (including phenoxy) is 2. The van der Waals surface area contributed by atoms with E-state index in [1.165, 1.54) is 0 Å².